The average molecular weight is 703 g/mol. The molecular formula is C34H26N2O13S. The van der Waals surface area contributed by atoms with Crippen molar-refractivity contribution in [2.75, 3.05) is 13.2 Å². The third-order valence-electron chi connectivity index (χ3n) is 7.37. The lowest BCUT2D eigenvalue weighted by atomic mass is 10.2. The summed E-state index contributed by atoms with van der Waals surface area (Å²) in [6.07, 6.45) is -1.26. The molecule has 6 rings (SSSR count). The van der Waals surface area contributed by atoms with E-state index in [-0.39, 0.29) is 46.7 Å². The van der Waals surface area contributed by atoms with Gasteiger partial charge in [-0.25, -0.2) is 14.4 Å². The van der Waals surface area contributed by atoms with Crippen LogP contribution >= 0.6 is 11.3 Å². The largest absolute Gasteiger partial charge is 0.490 e. The summed E-state index contributed by atoms with van der Waals surface area (Å²) < 4.78 is 23.0. The maximum Gasteiger partial charge on any atom is 0.398 e. The molecule has 3 aromatic heterocycles. The summed E-state index contributed by atoms with van der Waals surface area (Å²) >= 11 is 1.39. The van der Waals surface area contributed by atoms with E-state index in [1.165, 1.54) is 47.7 Å². The molecular weight excluding hydrogens is 676 g/mol. The third kappa shape index (κ3) is 6.98. The minimum atomic E-state index is -1.41. The van der Waals surface area contributed by atoms with Crippen molar-refractivity contribution < 1.29 is 52.9 Å². The molecule has 2 amide bonds. The van der Waals surface area contributed by atoms with Gasteiger partial charge in [0.15, 0.2) is 10.9 Å². The fourth-order valence-electron chi connectivity index (χ4n) is 4.91. The molecule has 0 bridgehead atoms. The van der Waals surface area contributed by atoms with Crippen molar-refractivity contribution in [1.29, 1.82) is 0 Å². The van der Waals surface area contributed by atoms with Gasteiger partial charge in [0.05, 0.1) is 6.04 Å². The number of aliphatic hydroxyl groups is 1. The molecule has 256 valence electrons. The number of carbonyl (C=O) groups is 3. The normalized spacial score (nSPS) is 12.4. The number of carboxylic acids is 1. The number of ether oxygens (including phenoxy) is 2. The summed E-state index contributed by atoms with van der Waals surface area (Å²) in [6, 6.07) is 17.8. The number of hydrogen-bond acceptors (Lipinski definition) is 13. The number of carbonyl (C=O) groups excluding carboxylic acids is 2. The number of hydrogen-bond donors (Lipinski definition) is 4. The summed E-state index contributed by atoms with van der Waals surface area (Å²) in [6.45, 7) is 0.869. The van der Waals surface area contributed by atoms with Crippen molar-refractivity contribution in [2.24, 2.45) is 0 Å². The molecule has 0 aliphatic heterocycles. The Hall–Kier alpha value is -6.23. The zero-order chi connectivity index (χ0) is 35.5. The number of thiophene rings is 1. The standard InChI is InChI=1S/C34H26N2O13S/c1-17(29-12-18-6-2-3-11-28(18)50-29)36(44)34(43)35-49-33(42)27-14-21(39)31-23(8-5-10-25(31)48-27)46-16-19(37)15-45-22-7-4-9-24-30(22)20(38)13-26(47-24)32(40)41/h2-14,17,19,37,44H,15-16H2,1H3,(H,35,43)(H,40,41). The highest BCUT2D eigenvalue weighted by atomic mass is 32.1. The van der Waals surface area contributed by atoms with E-state index in [0.717, 1.165) is 22.2 Å². The van der Waals surface area contributed by atoms with Crippen LogP contribution in [-0.2, 0) is 4.84 Å². The number of nitrogens with zero attached hydrogens (tertiary/aromatic N) is 1. The lowest BCUT2D eigenvalue weighted by Crippen LogP contribution is -2.40. The van der Waals surface area contributed by atoms with Crippen LogP contribution in [0.1, 0.15) is 39.0 Å². The first-order valence-corrected chi connectivity index (χ1v) is 15.6. The molecule has 0 saturated carbocycles. The van der Waals surface area contributed by atoms with Crippen molar-refractivity contribution in [2.45, 2.75) is 19.1 Å². The van der Waals surface area contributed by atoms with Crippen LogP contribution < -0.4 is 25.8 Å². The van der Waals surface area contributed by atoms with E-state index >= 15 is 0 Å². The van der Waals surface area contributed by atoms with Crippen LogP contribution in [0.2, 0.25) is 0 Å². The Balaban J connectivity index is 1.07. The predicted octanol–water partition coefficient (Wildman–Crippen LogP) is 4.86. The molecule has 16 heteroatoms. The lowest BCUT2D eigenvalue weighted by molar-refractivity contribution is -0.0856. The predicted molar refractivity (Wildman–Crippen MR) is 177 cm³/mol. The zero-order valence-corrected chi connectivity index (χ0v) is 26.7. The summed E-state index contributed by atoms with van der Waals surface area (Å²) in [5, 5.41) is 31.3. The van der Waals surface area contributed by atoms with E-state index in [9.17, 15) is 34.3 Å². The molecule has 2 atom stereocenters. The van der Waals surface area contributed by atoms with Gasteiger partial charge in [0.1, 0.15) is 52.8 Å². The van der Waals surface area contributed by atoms with Crippen molar-refractivity contribution in [3.63, 3.8) is 0 Å². The van der Waals surface area contributed by atoms with Crippen molar-refractivity contribution in [3.05, 3.63) is 116 Å². The molecule has 0 radical (unpaired) electrons. The second kappa shape index (κ2) is 14.1. The van der Waals surface area contributed by atoms with Gasteiger partial charge in [-0.3, -0.25) is 14.8 Å². The van der Waals surface area contributed by atoms with Crippen LogP contribution in [0.15, 0.2) is 97.3 Å². The van der Waals surface area contributed by atoms with Crippen molar-refractivity contribution in [3.8, 4) is 11.5 Å². The smallest absolute Gasteiger partial charge is 0.398 e. The molecule has 4 N–H and O–H groups in total. The fraction of sp³-hybridized carbons (Fsp3) is 0.147. The first-order valence-electron chi connectivity index (χ1n) is 14.8. The number of aliphatic hydroxyl groups excluding tert-OH is 1. The first-order chi connectivity index (χ1) is 24.0. The Bertz CT molecular complexity index is 2350. The third-order valence-corrected chi connectivity index (χ3v) is 8.66. The second-order valence-electron chi connectivity index (χ2n) is 10.8. The van der Waals surface area contributed by atoms with Gasteiger partial charge >= 0.3 is 18.0 Å². The molecule has 0 fully saturated rings. The SMILES string of the molecule is CC(c1cc2ccccc2s1)N(O)C(=O)NOC(=O)c1cc(=O)c2c(OCC(O)COc3cccc4oc(C(=O)O)cc(=O)c34)cccc2o1. The Morgan fingerprint density at radius 1 is 0.840 bits per heavy atom. The Labute approximate surface area is 284 Å². The number of hydroxylamine groups is 3. The van der Waals surface area contributed by atoms with Crippen LogP contribution in [0.4, 0.5) is 4.79 Å². The molecule has 0 aliphatic carbocycles. The van der Waals surface area contributed by atoms with Gasteiger partial charge in [-0.1, -0.05) is 30.3 Å². The minimum Gasteiger partial charge on any atom is -0.490 e. The van der Waals surface area contributed by atoms with Crippen LogP contribution in [0.5, 0.6) is 11.5 Å². The van der Waals surface area contributed by atoms with Gasteiger partial charge < -0.3 is 33.4 Å². The zero-order valence-electron chi connectivity index (χ0n) is 25.9. The molecule has 6 aromatic rings. The van der Waals surface area contributed by atoms with Crippen molar-refractivity contribution >= 4 is 61.3 Å². The number of urea groups is 1. The number of fused-ring (bicyclic) bond motifs is 3. The molecule has 50 heavy (non-hydrogen) atoms. The minimum absolute atomic E-state index is 0.0124. The highest BCUT2D eigenvalue weighted by Gasteiger charge is 2.24. The van der Waals surface area contributed by atoms with Gasteiger partial charge in [-0.2, -0.15) is 10.5 Å². The quantitative estimate of drug-likeness (QED) is 0.111. The Morgan fingerprint density at radius 3 is 2.02 bits per heavy atom. The highest BCUT2D eigenvalue weighted by molar-refractivity contribution is 7.19. The Kier molecular flexibility index (Phi) is 9.49. The molecule has 3 heterocycles. The molecule has 3 aromatic carbocycles. The summed E-state index contributed by atoms with van der Waals surface area (Å²) in [5.41, 5.74) is 0.415. The van der Waals surface area contributed by atoms with E-state index in [1.54, 1.807) is 6.92 Å². The van der Waals surface area contributed by atoms with E-state index < -0.39 is 52.5 Å². The average Bonchev–Trinajstić information content (AvgIpc) is 3.55. The number of rotatable bonds is 10. The van der Waals surface area contributed by atoms with Crippen LogP contribution in [-0.4, -0.2) is 57.8 Å². The first kappa shape index (κ1) is 33.7. The molecule has 0 spiro atoms. The van der Waals surface area contributed by atoms with Gasteiger partial charge in [-0.05, 0) is 48.7 Å². The van der Waals surface area contributed by atoms with Crippen LogP contribution in [0.25, 0.3) is 32.0 Å². The number of carboxylic acid groups (broad SMARTS) is 1. The van der Waals surface area contributed by atoms with Crippen molar-refractivity contribution in [1.82, 2.24) is 10.5 Å². The number of aromatic carboxylic acids is 1. The number of amides is 2. The summed E-state index contributed by atoms with van der Waals surface area (Å²) in [7, 11) is 0. The van der Waals surface area contributed by atoms with Gasteiger partial charge in [-0.15, -0.1) is 11.3 Å². The number of nitrogens with one attached hydrogen (secondary N) is 1. The monoisotopic (exact) mass is 702 g/mol. The molecule has 2 unspecified atom stereocenters. The number of benzene rings is 3. The van der Waals surface area contributed by atoms with Crippen LogP contribution in [0.3, 0.4) is 0 Å². The summed E-state index contributed by atoms with van der Waals surface area (Å²) in [4.78, 5) is 67.4. The lowest BCUT2D eigenvalue weighted by Gasteiger charge is -2.21. The van der Waals surface area contributed by atoms with Gasteiger partial charge in [0, 0.05) is 21.7 Å². The highest BCUT2D eigenvalue weighted by Crippen LogP contribution is 2.32. The molecule has 15 nitrogen and oxygen atoms in total. The van der Waals surface area contributed by atoms with Gasteiger partial charge in [0.2, 0.25) is 11.5 Å². The van der Waals surface area contributed by atoms with E-state index in [4.69, 9.17) is 28.3 Å². The van der Waals surface area contributed by atoms with E-state index in [1.807, 2.05) is 35.8 Å². The maximum absolute atomic E-state index is 13.0. The van der Waals surface area contributed by atoms with E-state index in [2.05, 4.69) is 0 Å². The second-order valence-corrected chi connectivity index (χ2v) is 11.9. The Morgan fingerprint density at radius 2 is 1.42 bits per heavy atom. The fourth-order valence-corrected chi connectivity index (χ4v) is 6.02. The summed E-state index contributed by atoms with van der Waals surface area (Å²) in [5.74, 6) is -3.65. The molecule has 0 saturated heterocycles. The maximum atomic E-state index is 13.0. The van der Waals surface area contributed by atoms with Crippen LogP contribution in [0, 0.1) is 0 Å². The molecule has 0 aliphatic rings. The van der Waals surface area contributed by atoms with Gasteiger partial charge in [0.25, 0.3) is 0 Å². The van der Waals surface area contributed by atoms with E-state index in [0.29, 0.717) is 9.94 Å². The topological polar surface area (TPSA) is 215 Å².